The largest absolute Gasteiger partial charge is 0.490 e. The summed E-state index contributed by atoms with van der Waals surface area (Å²) < 4.78 is 24.0. The standard InChI is InChI=1S/C24H29FN2O3/c1-29-17-13-26-24(28)20-5-2-6-23(18-20)30-22-11-15-27(16-12-22)14-3-4-19-7-9-21(25)10-8-19/h2-10,18,22H,11-17H2,1H3,(H,26,28)/b4-3+. The van der Waals surface area contributed by atoms with E-state index in [1.54, 1.807) is 31.4 Å². The topological polar surface area (TPSA) is 50.8 Å². The minimum absolute atomic E-state index is 0.125. The molecule has 0 aliphatic carbocycles. The maximum Gasteiger partial charge on any atom is 0.251 e. The van der Waals surface area contributed by atoms with E-state index >= 15 is 0 Å². The van der Waals surface area contributed by atoms with E-state index < -0.39 is 0 Å². The number of carbonyl (C=O) groups is 1. The number of amides is 1. The highest BCUT2D eigenvalue weighted by atomic mass is 19.1. The number of rotatable bonds is 9. The number of halogens is 1. The number of hydrogen-bond donors (Lipinski definition) is 1. The number of nitrogens with one attached hydrogen (secondary N) is 1. The van der Waals surface area contributed by atoms with Gasteiger partial charge in [0.15, 0.2) is 0 Å². The van der Waals surface area contributed by atoms with Crippen molar-refractivity contribution in [2.24, 2.45) is 0 Å². The number of likely N-dealkylation sites (tertiary alicyclic amines) is 1. The van der Waals surface area contributed by atoms with Gasteiger partial charge in [-0.1, -0.05) is 30.4 Å². The van der Waals surface area contributed by atoms with Crippen LogP contribution in [0.3, 0.4) is 0 Å². The van der Waals surface area contributed by atoms with Crippen molar-refractivity contribution >= 4 is 12.0 Å². The van der Waals surface area contributed by atoms with Crippen molar-refractivity contribution in [1.29, 1.82) is 0 Å². The molecule has 3 rings (SSSR count). The molecule has 1 aliphatic heterocycles. The average Bonchev–Trinajstić information content (AvgIpc) is 2.77. The van der Waals surface area contributed by atoms with Gasteiger partial charge in [0.2, 0.25) is 0 Å². The number of carbonyl (C=O) groups excluding carboxylic acids is 1. The normalized spacial score (nSPS) is 15.4. The third kappa shape index (κ3) is 6.97. The van der Waals surface area contributed by atoms with Crippen molar-refractivity contribution in [3.8, 4) is 5.75 Å². The average molecular weight is 413 g/mol. The van der Waals surface area contributed by atoms with Crippen LogP contribution >= 0.6 is 0 Å². The van der Waals surface area contributed by atoms with E-state index in [1.165, 1.54) is 12.1 Å². The van der Waals surface area contributed by atoms with Gasteiger partial charge in [-0.25, -0.2) is 4.39 Å². The van der Waals surface area contributed by atoms with Gasteiger partial charge in [0, 0.05) is 38.9 Å². The predicted octanol–water partition coefficient (Wildman–Crippen LogP) is 3.76. The molecule has 2 aromatic rings. The highest BCUT2D eigenvalue weighted by Gasteiger charge is 2.20. The fraction of sp³-hybridized carbons (Fsp3) is 0.375. The van der Waals surface area contributed by atoms with Crippen LogP contribution in [-0.2, 0) is 4.74 Å². The molecule has 1 saturated heterocycles. The lowest BCUT2D eigenvalue weighted by molar-refractivity contribution is 0.0932. The van der Waals surface area contributed by atoms with Crippen LogP contribution < -0.4 is 10.1 Å². The molecule has 0 bridgehead atoms. The summed E-state index contributed by atoms with van der Waals surface area (Å²) in [5.74, 6) is 0.385. The van der Waals surface area contributed by atoms with E-state index in [0.29, 0.717) is 18.7 Å². The van der Waals surface area contributed by atoms with Gasteiger partial charge in [0.25, 0.3) is 5.91 Å². The molecule has 2 aromatic carbocycles. The van der Waals surface area contributed by atoms with Gasteiger partial charge >= 0.3 is 0 Å². The predicted molar refractivity (Wildman–Crippen MR) is 116 cm³/mol. The molecule has 0 atom stereocenters. The summed E-state index contributed by atoms with van der Waals surface area (Å²) in [5, 5.41) is 2.82. The molecule has 160 valence electrons. The Morgan fingerprint density at radius 2 is 1.97 bits per heavy atom. The highest BCUT2D eigenvalue weighted by molar-refractivity contribution is 5.94. The van der Waals surface area contributed by atoms with Crippen molar-refractivity contribution in [2.75, 3.05) is 39.9 Å². The first-order valence-electron chi connectivity index (χ1n) is 10.3. The first kappa shape index (κ1) is 22.0. The molecule has 5 nitrogen and oxygen atoms in total. The van der Waals surface area contributed by atoms with E-state index in [9.17, 15) is 9.18 Å². The van der Waals surface area contributed by atoms with Crippen molar-refractivity contribution in [1.82, 2.24) is 10.2 Å². The van der Waals surface area contributed by atoms with Crippen molar-refractivity contribution in [3.63, 3.8) is 0 Å². The summed E-state index contributed by atoms with van der Waals surface area (Å²) in [7, 11) is 1.60. The molecule has 0 unspecified atom stereocenters. The lowest BCUT2D eigenvalue weighted by Gasteiger charge is -2.31. The van der Waals surface area contributed by atoms with Crippen LogP contribution in [0.4, 0.5) is 4.39 Å². The van der Waals surface area contributed by atoms with E-state index in [2.05, 4.69) is 16.3 Å². The first-order chi connectivity index (χ1) is 14.6. The monoisotopic (exact) mass is 412 g/mol. The Kier molecular flexibility index (Phi) is 8.41. The smallest absolute Gasteiger partial charge is 0.251 e. The third-order valence-electron chi connectivity index (χ3n) is 5.07. The molecule has 6 heteroatoms. The van der Waals surface area contributed by atoms with Gasteiger partial charge in [-0.2, -0.15) is 0 Å². The maximum absolute atomic E-state index is 12.9. The Labute approximate surface area is 177 Å². The molecule has 0 spiro atoms. The van der Waals surface area contributed by atoms with Crippen molar-refractivity contribution in [2.45, 2.75) is 18.9 Å². The zero-order chi connectivity index (χ0) is 21.2. The summed E-state index contributed by atoms with van der Waals surface area (Å²) in [6.07, 6.45) is 6.16. The summed E-state index contributed by atoms with van der Waals surface area (Å²) in [4.78, 5) is 14.5. The molecule has 1 N–H and O–H groups in total. The molecule has 0 aromatic heterocycles. The number of nitrogens with zero attached hydrogens (tertiary/aromatic N) is 1. The van der Waals surface area contributed by atoms with Crippen molar-refractivity contribution < 1.29 is 18.7 Å². The maximum atomic E-state index is 12.9. The van der Waals surface area contributed by atoms with Crippen LogP contribution in [0.25, 0.3) is 6.08 Å². The van der Waals surface area contributed by atoms with Crippen LogP contribution in [0, 0.1) is 5.82 Å². The molecular weight excluding hydrogens is 383 g/mol. The summed E-state index contributed by atoms with van der Waals surface area (Å²) >= 11 is 0. The summed E-state index contributed by atoms with van der Waals surface area (Å²) in [6, 6.07) is 13.8. The van der Waals surface area contributed by atoms with Crippen LogP contribution in [0.2, 0.25) is 0 Å². The molecule has 0 radical (unpaired) electrons. The Hall–Kier alpha value is -2.70. The minimum Gasteiger partial charge on any atom is -0.490 e. The summed E-state index contributed by atoms with van der Waals surface area (Å²) in [5.41, 5.74) is 1.59. The van der Waals surface area contributed by atoms with E-state index in [4.69, 9.17) is 9.47 Å². The van der Waals surface area contributed by atoms with Gasteiger partial charge in [-0.3, -0.25) is 9.69 Å². The Bertz CT molecular complexity index is 831. The Morgan fingerprint density at radius 1 is 1.20 bits per heavy atom. The first-order valence-corrected chi connectivity index (χ1v) is 10.3. The van der Waals surface area contributed by atoms with Crippen LogP contribution in [0.5, 0.6) is 5.75 Å². The Balaban J connectivity index is 1.42. The summed E-state index contributed by atoms with van der Waals surface area (Å²) in [6.45, 7) is 3.74. The second kappa shape index (κ2) is 11.5. The van der Waals surface area contributed by atoms with Gasteiger partial charge < -0.3 is 14.8 Å². The second-order valence-electron chi connectivity index (χ2n) is 7.35. The fourth-order valence-corrected chi connectivity index (χ4v) is 3.39. The minimum atomic E-state index is -0.216. The number of hydrogen-bond acceptors (Lipinski definition) is 4. The number of methoxy groups -OCH3 is 1. The molecule has 1 heterocycles. The van der Waals surface area contributed by atoms with E-state index in [1.807, 2.05) is 18.2 Å². The Morgan fingerprint density at radius 3 is 2.70 bits per heavy atom. The van der Waals surface area contributed by atoms with E-state index in [-0.39, 0.29) is 17.8 Å². The molecular formula is C24H29FN2O3. The zero-order valence-corrected chi connectivity index (χ0v) is 17.4. The molecule has 1 aliphatic rings. The highest BCUT2D eigenvalue weighted by Crippen LogP contribution is 2.20. The van der Waals surface area contributed by atoms with Gasteiger partial charge in [0.05, 0.1) is 6.61 Å². The van der Waals surface area contributed by atoms with Crippen LogP contribution in [0.1, 0.15) is 28.8 Å². The van der Waals surface area contributed by atoms with Crippen LogP contribution in [-0.4, -0.2) is 56.8 Å². The van der Waals surface area contributed by atoms with Gasteiger partial charge in [-0.15, -0.1) is 0 Å². The van der Waals surface area contributed by atoms with Gasteiger partial charge in [-0.05, 0) is 48.7 Å². The number of piperidine rings is 1. The number of benzene rings is 2. The zero-order valence-electron chi connectivity index (χ0n) is 17.4. The van der Waals surface area contributed by atoms with Crippen LogP contribution in [0.15, 0.2) is 54.6 Å². The van der Waals surface area contributed by atoms with E-state index in [0.717, 1.165) is 43.8 Å². The lowest BCUT2D eigenvalue weighted by atomic mass is 10.1. The number of ether oxygens (including phenoxy) is 2. The second-order valence-corrected chi connectivity index (χ2v) is 7.35. The fourth-order valence-electron chi connectivity index (χ4n) is 3.39. The quantitative estimate of drug-likeness (QED) is 0.637. The molecule has 1 amide bonds. The third-order valence-corrected chi connectivity index (χ3v) is 5.07. The van der Waals surface area contributed by atoms with Gasteiger partial charge in [0.1, 0.15) is 17.7 Å². The lowest BCUT2D eigenvalue weighted by Crippen LogP contribution is -2.38. The SMILES string of the molecule is COCCNC(=O)c1cccc(OC2CCN(C/C=C/c3ccc(F)cc3)CC2)c1. The van der Waals surface area contributed by atoms with Crippen molar-refractivity contribution in [3.05, 3.63) is 71.6 Å². The molecule has 30 heavy (non-hydrogen) atoms. The molecule has 0 saturated carbocycles. The molecule has 1 fully saturated rings.